The van der Waals surface area contributed by atoms with E-state index in [1.165, 1.54) is 12.1 Å². The van der Waals surface area contributed by atoms with Crippen LogP contribution in [0.15, 0.2) is 48.5 Å². The Bertz CT molecular complexity index is 751. The van der Waals surface area contributed by atoms with Gasteiger partial charge in [-0.25, -0.2) is 9.37 Å². The lowest BCUT2D eigenvalue weighted by Crippen LogP contribution is -1.89. The summed E-state index contributed by atoms with van der Waals surface area (Å²) in [6, 6.07) is 14.0. The van der Waals surface area contributed by atoms with Gasteiger partial charge in [0.15, 0.2) is 0 Å². The maximum atomic E-state index is 13.0. The van der Waals surface area contributed by atoms with E-state index in [1.807, 2.05) is 31.2 Å². The zero-order chi connectivity index (χ0) is 13.4. The van der Waals surface area contributed by atoms with Crippen LogP contribution < -0.4 is 0 Å². The summed E-state index contributed by atoms with van der Waals surface area (Å²) in [5, 5.41) is 1.60. The van der Waals surface area contributed by atoms with E-state index in [0.29, 0.717) is 5.02 Å². The Hall–Kier alpha value is -1.93. The molecule has 0 aliphatic heterocycles. The number of aryl methyl sites for hydroxylation is 1. The highest BCUT2D eigenvalue weighted by atomic mass is 35.5. The Labute approximate surface area is 115 Å². The van der Waals surface area contributed by atoms with Gasteiger partial charge in [-0.15, -0.1) is 0 Å². The molecule has 0 N–H and O–H groups in total. The smallest absolute Gasteiger partial charge is 0.123 e. The van der Waals surface area contributed by atoms with Gasteiger partial charge >= 0.3 is 0 Å². The van der Waals surface area contributed by atoms with Gasteiger partial charge in [0.2, 0.25) is 0 Å². The average molecular weight is 272 g/mol. The first-order chi connectivity index (χ1) is 9.15. The molecule has 3 aromatic rings. The molecular formula is C16H11ClFN. The molecule has 0 saturated heterocycles. The molecule has 3 heteroatoms. The average Bonchev–Trinajstić information content (AvgIpc) is 2.41. The second-order valence-corrected chi connectivity index (χ2v) is 4.87. The maximum Gasteiger partial charge on any atom is 0.123 e. The third-order valence-electron chi connectivity index (χ3n) is 3.13. The largest absolute Gasteiger partial charge is 0.247 e. The van der Waals surface area contributed by atoms with E-state index in [-0.39, 0.29) is 5.82 Å². The lowest BCUT2D eigenvalue weighted by molar-refractivity contribution is 0.628. The first-order valence-corrected chi connectivity index (χ1v) is 6.35. The van der Waals surface area contributed by atoms with Gasteiger partial charge in [-0.1, -0.05) is 29.8 Å². The molecule has 1 heterocycles. The highest BCUT2D eigenvalue weighted by Gasteiger charge is 2.07. The van der Waals surface area contributed by atoms with Crippen LogP contribution in [0.5, 0.6) is 0 Å². The molecule has 0 unspecified atom stereocenters. The Morgan fingerprint density at radius 1 is 1.05 bits per heavy atom. The van der Waals surface area contributed by atoms with E-state index in [1.54, 1.807) is 12.1 Å². The highest BCUT2D eigenvalue weighted by Crippen LogP contribution is 2.29. The molecule has 19 heavy (non-hydrogen) atoms. The number of rotatable bonds is 1. The van der Waals surface area contributed by atoms with E-state index < -0.39 is 0 Å². The minimum Gasteiger partial charge on any atom is -0.247 e. The van der Waals surface area contributed by atoms with E-state index in [9.17, 15) is 4.39 Å². The molecule has 0 aliphatic rings. The lowest BCUT2D eigenvalue weighted by Gasteiger charge is -2.07. The first kappa shape index (κ1) is 12.1. The van der Waals surface area contributed by atoms with E-state index >= 15 is 0 Å². The van der Waals surface area contributed by atoms with Gasteiger partial charge < -0.3 is 0 Å². The normalized spacial score (nSPS) is 10.9. The molecule has 0 bridgehead atoms. The van der Waals surface area contributed by atoms with Crippen molar-refractivity contribution in [3.8, 4) is 11.3 Å². The molecule has 0 amide bonds. The minimum atomic E-state index is -0.258. The van der Waals surface area contributed by atoms with Crippen molar-refractivity contribution in [2.45, 2.75) is 6.92 Å². The summed E-state index contributed by atoms with van der Waals surface area (Å²) in [6.45, 7) is 2.00. The van der Waals surface area contributed by atoms with E-state index in [4.69, 9.17) is 11.6 Å². The van der Waals surface area contributed by atoms with E-state index in [0.717, 1.165) is 27.7 Å². The van der Waals surface area contributed by atoms with Crippen LogP contribution in [-0.2, 0) is 0 Å². The van der Waals surface area contributed by atoms with Gasteiger partial charge in [0.1, 0.15) is 5.82 Å². The second kappa shape index (κ2) is 4.63. The predicted octanol–water partition coefficient (Wildman–Crippen LogP) is 5.00. The number of benzene rings is 2. The molecule has 2 aromatic carbocycles. The molecule has 0 radical (unpaired) electrons. The number of pyridine rings is 1. The Balaban J connectivity index is 2.25. The summed E-state index contributed by atoms with van der Waals surface area (Å²) in [4.78, 5) is 4.63. The van der Waals surface area contributed by atoms with Gasteiger partial charge in [0.25, 0.3) is 0 Å². The predicted molar refractivity (Wildman–Crippen MR) is 76.9 cm³/mol. The van der Waals surface area contributed by atoms with Crippen molar-refractivity contribution < 1.29 is 4.39 Å². The lowest BCUT2D eigenvalue weighted by atomic mass is 10.1. The minimum absolute atomic E-state index is 0.258. The Morgan fingerprint density at radius 2 is 1.79 bits per heavy atom. The van der Waals surface area contributed by atoms with Crippen LogP contribution in [0.2, 0.25) is 5.02 Å². The fourth-order valence-corrected chi connectivity index (χ4v) is 2.37. The number of halogens is 2. The number of hydrogen-bond acceptors (Lipinski definition) is 1. The van der Waals surface area contributed by atoms with Crippen molar-refractivity contribution in [1.29, 1.82) is 0 Å². The number of hydrogen-bond donors (Lipinski definition) is 0. The summed E-state index contributed by atoms with van der Waals surface area (Å²) >= 11 is 6.30. The molecule has 1 nitrogen and oxygen atoms in total. The van der Waals surface area contributed by atoms with Crippen LogP contribution in [0.4, 0.5) is 4.39 Å². The number of para-hydroxylation sites is 1. The number of nitrogens with zero attached hydrogens (tertiary/aromatic N) is 1. The molecule has 3 rings (SSSR count). The summed E-state index contributed by atoms with van der Waals surface area (Å²) in [5.41, 5.74) is 3.57. The standard InChI is InChI=1S/C16H11ClFN/c1-10-3-2-4-13-14(17)9-15(19-16(10)13)11-5-7-12(18)8-6-11/h2-9H,1H3. The highest BCUT2D eigenvalue weighted by molar-refractivity contribution is 6.35. The van der Waals surface area contributed by atoms with Crippen molar-refractivity contribution >= 4 is 22.5 Å². The van der Waals surface area contributed by atoms with Crippen LogP contribution in [0, 0.1) is 12.7 Å². The molecule has 0 spiro atoms. The van der Waals surface area contributed by atoms with Gasteiger partial charge in [-0.05, 0) is 42.8 Å². The van der Waals surface area contributed by atoms with Crippen LogP contribution in [0.25, 0.3) is 22.2 Å². The molecule has 94 valence electrons. The second-order valence-electron chi connectivity index (χ2n) is 4.47. The first-order valence-electron chi connectivity index (χ1n) is 5.97. The van der Waals surface area contributed by atoms with E-state index in [2.05, 4.69) is 4.98 Å². The Kier molecular flexibility index (Phi) is 2.96. The molecule has 0 fully saturated rings. The van der Waals surface area contributed by atoms with Crippen LogP contribution in [0.1, 0.15) is 5.56 Å². The van der Waals surface area contributed by atoms with Gasteiger partial charge in [-0.3, -0.25) is 0 Å². The fraction of sp³-hybridized carbons (Fsp3) is 0.0625. The topological polar surface area (TPSA) is 12.9 Å². The van der Waals surface area contributed by atoms with Crippen molar-refractivity contribution in [2.75, 3.05) is 0 Å². The van der Waals surface area contributed by atoms with Gasteiger partial charge in [0, 0.05) is 10.9 Å². The van der Waals surface area contributed by atoms with Crippen molar-refractivity contribution in [1.82, 2.24) is 4.98 Å². The fourth-order valence-electron chi connectivity index (χ4n) is 2.12. The zero-order valence-electron chi connectivity index (χ0n) is 10.3. The SMILES string of the molecule is Cc1cccc2c(Cl)cc(-c3ccc(F)cc3)nc12. The number of fused-ring (bicyclic) bond motifs is 1. The summed E-state index contributed by atoms with van der Waals surface area (Å²) in [6.07, 6.45) is 0. The van der Waals surface area contributed by atoms with Crippen LogP contribution >= 0.6 is 11.6 Å². The van der Waals surface area contributed by atoms with Crippen molar-refractivity contribution in [3.05, 3.63) is 64.9 Å². The summed E-state index contributed by atoms with van der Waals surface area (Å²) < 4.78 is 13.0. The third kappa shape index (κ3) is 2.20. The van der Waals surface area contributed by atoms with Crippen molar-refractivity contribution in [2.24, 2.45) is 0 Å². The van der Waals surface area contributed by atoms with Gasteiger partial charge in [-0.2, -0.15) is 0 Å². The zero-order valence-corrected chi connectivity index (χ0v) is 11.1. The molecule has 0 saturated carbocycles. The quantitative estimate of drug-likeness (QED) is 0.607. The summed E-state index contributed by atoms with van der Waals surface area (Å²) in [5.74, 6) is -0.258. The monoisotopic (exact) mass is 271 g/mol. The van der Waals surface area contributed by atoms with Crippen LogP contribution in [0.3, 0.4) is 0 Å². The third-order valence-corrected chi connectivity index (χ3v) is 3.44. The maximum absolute atomic E-state index is 13.0. The molecular weight excluding hydrogens is 261 g/mol. The summed E-state index contributed by atoms with van der Waals surface area (Å²) in [7, 11) is 0. The van der Waals surface area contributed by atoms with Crippen LogP contribution in [-0.4, -0.2) is 4.98 Å². The molecule has 1 aromatic heterocycles. The van der Waals surface area contributed by atoms with Gasteiger partial charge in [0.05, 0.1) is 16.2 Å². The molecule has 0 atom stereocenters. The molecule has 0 aliphatic carbocycles. The Morgan fingerprint density at radius 3 is 2.53 bits per heavy atom. The van der Waals surface area contributed by atoms with Crippen molar-refractivity contribution in [3.63, 3.8) is 0 Å². The number of aromatic nitrogens is 1.